The average molecular weight is 292 g/mol. The summed E-state index contributed by atoms with van der Waals surface area (Å²) in [4.78, 5) is 18.1. The monoisotopic (exact) mass is 292 g/mol. The Morgan fingerprint density at radius 1 is 1.50 bits per heavy atom. The zero-order chi connectivity index (χ0) is 13.9. The second kappa shape index (κ2) is 5.54. The van der Waals surface area contributed by atoms with Crippen molar-refractivity contribution in [3.63, 3.8) is 0 Å². The molecule has 1 fully saturated rings. The van der Waals surface area contributed by atoms with Crippen molar-refractivity contribution in [3.05, 3.63) is 32.9 Å². The van der Waals surface area contributed by atoms with Gasteiger partial charge in [0.15, 0.2) is 0 Å². The molecule has 1 aliphatic rings. The van der Waals surface area contributed by atoms with Crippen LogP contribution >= 0.6 is 11.3 Å². The summed E-state index contributed by atoms with van der Waals surface area (Å²) >= 11 is 1.15. The van der Waals surface area contributed by atoms with Crippen LogP contribution in [0.4, 0.5) is 11.5 Å². The summed E-state index contributed by atoms with van der Waals surface area (Å²) < 4.78 is 5.63. The molecule has 6 nitrogen and oxygen atoms in total. The third kappa shape index (κ3) is 3.30. The minimum Gasteiger partial charge on any atom is -0.476 e. The van der Waals surface area contributed by atoms with Gasteiger partial charge < -0.3 is 20.8 Å². The molecule has 2 heterocycles. The molecule has 20 heavy (non-hydrogen) atoms. The van der Waals surface area contributed by atoms with Crippen LogP contribution in [0, 0.1) is 5.92 Å². The van der Waals surface area contributed by atoms with Crippen LogP contribution in [0.15, 0.2) is 22.3 Å². The second-order valence-electron chi connectivity index (χ2n) is 4.87. The Bertz CT molecular complexity index is 648. The molecule has 3 rings (SSSR count). The number of nitrogens with zero attached hydrogens (tertiary/aromatic N) is 1. The van der Waals surface area contributed by atoms with E-state index in [1.165, 1.54) is 12.8 Å². The van der Waals surface area contributed by atoms with Crippen molar-refractivity contribution < 1.29 is 4.74 Å². The van der Waals surface area contributed by atoms with Crippen LogP contribution in [0.25, 0.3) is 0 Å². The quantitative estimate of drug-likeness (QED) is 0.755. The van der Waals surface area contributed by atoms with Crippen molar-refractivity contribution in [2.75, 3.05) is 17.7 Å². The number of aromatic nitrogens is 2. The SMILES string of the molecule is Nc1ccc(NCc2csc(=O)[nH]2)nc1OCC1CC1. The van der Waals surface area contributed by atoms with E-state index in [-0.39, 0.29) is 4.87 Å². The fraction of sp³-hybridized carbons (Fsp3) is 0.385. The lowest BCUT2D eigenvalue weighted by molar-refractivity contribution is 0.290. The fourth-order valence-electron chi connectivity index (χ4n) is 1.73. The van der Waals surface area contributed by atoms with Crippen molar-refractivity contribution in [1.29, 1.82) is 0 Å². The van der Waals surface area contributed by atoms with Gasteiger partial charge in [0, 0.05) is 11.1 Å². The number of rotatable bonds is 6. The van der Waals surface area contributed by atoms with Crippen molar-refractivity contribution in [1.82, 2.24) is 9.97 Å². The normalized spacial score (nSPS) is 14.2. The first-order valence-electron chi connectivity index (χ1n) is 6.50. The molecule has 0 aliphatic heterocycles. The molecule has 4 N–H and O–H groups in total. The van der Waals surface area contributed by atoms with Gasteiger partial charge in [0.05, 0.1) is 18.8 Å². The third-order valence-corrected chi connectivity index (χ3v) is 3.79. The van der Waals surface area contributed by atoms with Gasteiger partial charge in [-0.25, -0.2) is 0 Å². The zero-order valence-corrected chi connectivity index (χ0v) is 11.7. The molecule has 0 saturated heterocycles. The Labute approximate surface area is 120 Å². The molecule has 106 valence electrons. The van der Waals surface area contributed by atoms with E-state index in [0.717, 1.165) is 17.0 Å². The molecule has 0 bridgehead atoms. The van der Waals surface area contributed by atoms with E-state index in [9.17, 15) is 4.79 Å². The smallest absolute Gasteiger partial charge is 0.304 e. The highest BCUT2D eigenvalue weighted by molar-refractivity contribution is 7.07. The number of thiazole rings is 1. The Kier molecular flexibility index (Phi) is 3.60. The Morgan fingerprint density at radius 3 is 3.05 bits per heavy atom. The summed E-state index contributed by atoms with van der Waals surface area (Å²) in [5.41, 5.74) is 7.22. The summed E-state index contributed by atoms with van der Waals surface area (Å²) in [6, 6.07) is 3.57. The van der Waals surface area contributed by atoms with Gasteiger partial charge in [-0.3, -0.25) is 4.79 Å². The molecule has 0 aromatic carbocycles. The molecule has 1 saturated carbocycles. The Morgan fingerprint density at radius 2 is 2.35 bits per heavy atom. The van der Waals surface area contributed by atoms with Gasteiger partial charge in [0.25, 0.3) is 0 Å². The Balaban J connectivity index is 1.63. The van der Waals surface area contributed by atoms with Crippen molar-refractivity contribution >= 4 is 22.8 Å². The van der Waals surface area contributed by atoms with Crippen LogP contribution in [0.1, 0.15) is 18.5 Å². The molecule has 0 radical (unpaired) electrons. The van der Waals surface area contributed by atoms with Crippen molar-refractivity contribution in [2.45, 2.75) is 19.4 Å². The first-order chi connectivity index (χ1) is 9.70. The zero-order valence-electron chi connectivity index (χ0n) is 10.9. The molecule has 0 atom stereocenters. The number of hydrogen-bond acceptors (Lipinski definition) is 6. The molecular weight excluding hydrogens is 276 g/mol. The predicted molar refractivity (Wildman–Crippen MR) is 79.1 cm³/mol. The molecule has 2 aromatic rings. The number of aromatic amines is 1. The molecule has 1 aliphatic carbocycles. The molecule has 0 unspecified atom stereocenters. The average Bonchev–Trinajstić information content (AvgIpc) is 3.18. The van der Waals surface area contributed by atoms with Crippen LogP contribution < -0.4 is 20.7 Å². The third-order valence-electron chi connectivity index (χ3n) is 3.07. The number of nitrogen functional groups attached to an aromatic ring is 1. The maximum absolute atomic E-state index is 11.0. The summed E-state index contributed by atoms with van der Waals surface area (Å²) in [5.74, 6) is 1.81. The molecule has 7 heteroatoms. The number of nitrogens with two attached hydrogens (primary N) is 1. The van der Waals surface area contributed by atoms with E-state index in [1.807, 2.05) is 0 Å². The standard InChI is InChI=1S/C13H16N4O2S/c14-10-3-4-11(15-5-9-7-20-13(18)16-9)17-12(10)19-6-8-1-2-8/h3-4,7-8H,1-2,5-6,14H2,(H,15,17)(H,16,18). The van der Waals surface area contributed by atoms with Crippen LogP contribution in [-0.2, 0) is 6.54 Å². The van der Waals surface area contributed by atoms with Crippen LogP contribution in [0.5, 0.6) is 5.88 Å². The largest absolute Gasteiger partial charge is 0.476 e. The van der Waals surface area contributed by atoms with E-state index in [0.29, 0.717) is 36.5 Å². The summed E-state index contributed by atoms with van der Waals surface area (Å²) in [7, 11) is 0. The highest BCUT2D eigenvalue weighted by atomic mass is 32.1. The van der Waals surface area contributed by atoms with Gasteiger partial charge in [-0.15, -0.1) is 0 Å². The van der Waals surface area contributed by atoms with E-state index in [4.69, 9.17) is 10.5 Å². The highest BCUT2D eigenvalue weighted by Crippen LogP contribution is 2.30. The maximum Gasteiger partial charge on any atom is 0.304 e. The summed E-state index contributed by atoms with van der Waals surface area (Å²) in [5, 5.41) is 4.92. The van der Waals surface area contributed by atoms with E-state index in [2.05, 4.69) is 15.3 Å². The summed E-state index contributed by atoms with van der Waals surface area (Å²) in [6.07, 6.45) is 2.45. The number of hydrogen-bond donors (Lipinski definition) is 3. The van der Waals surface area contributed by atoms with Crippen LogP contribution in [0.2, 0.25) is 0 Å². The lowest BCUT2D eigenvalue weighted by Crippen LogP contribution is -2.07. The van der Waals surface area contributed by atoms with Gasteiger partial charge in [0.2, 0.25) is 5.88 Å². The van der Waals surface area contributed by atoms with Gasteiger partial charge >= 0.3 is 4.87 Å². The van der Waals surface area contributed by atoms with Crippen molar-refractivity contribution in [3.8, 4) is 5.88 Å². The number of anilines is 2. The molecule has 2 aromatic heterocycles. The van der Waals surface area contributed by atoms with E-state index < -0.39 is 0 Å². The van der Waals surface area contributed by atoms with Gasteiger partial charge in [-0.1, -0.05) is 11.3 Å². The molecule has 0 amide bonds. The van der Waals surface area contributed by atoms with Gasteiger partial charge in [0.1, 0.15) is 5.82 Å². The van der Waals surface area contributed by atoms with E-state index >= 15 is 0 Å². The molecular formula is C13H16N4O2S. The number of nitrogens with one attached hydrogen (secondary N) is 2. The topological polar surface area (TPSA) is 93.0 Å². The van der Waals surface area contributed by atoms with Crippen molar-refractivity contribution in [2.24, 2.45) is 5.92 Å². The lowest BCUT2D eigenvalue weighted by atomic mass is 10.4. The number of H-pyrrole nitrogens is 1. The second-order valence-corrected chi connectivity index (χ2v) is 5.71. The first kappa shape index (κ1) is 13.0. The maximum atomic E-state index is 11.0. The molecule has 0 spiro atoms. The minimum atomic E-state index is -0.0551. The first-order valence-corrected chi connectivity index (χ1v) is 7.38. The van der Waals surface area contributed by atoms with Crippen LogP contribution in [-0.4, -0.2) is 16.6 Å². The minimum absolute atomic E-state index is 0.0551. The predicted octanol–water partition coefficient (Wildman–Crippen LogP) is 1.81. The highest BCUT2D eigenvalue weighted by Gasteiger charge is 2.22. The lowest BCUT2D eigenvalue weighted by Gasteiger charge is -2.10. The fourth-order valence-corrected chi connectivity index (χ4v) is 2.31. The summed E-state index contributed by atoms with van der Waals surface area (Å²) in [6.45, 7) is 1.19. The van der Waals surface area contributed by atoms with Crippen LogP contribution in [0.3, 0.4) is 0 Å². The number of ether oxygens (including phenoxy) is 1. The van der Waals surface area contributed by atoms with Gasteiger partial charge in [-0.2, -0.15) is 4.98 Å². The van der Waals surface area contributed by atoms with E-state index in [1.54, 1.807) is 17.5 Å². The van der Waals surface area contributed by atoms with Gasteiger partial charge in [-0.05, 0) is 30.9 Å². The Hall–Kier alpha value is -2.02. The number of pyridine rings is 1.